The summed E-state index contributed by atoms with van der Waals surface area (Å²) in [4.78, 5) is 4.22. The van der Waals surface area contributed by atoms with Crippen molar-refractivity contribution in [3.8, 4) is 0 Å². The molecule has 0 bridgehead atoms. The number of halogens is 1. The van der Waals surface area contributed by atoms with E-state index < -0.39 is 0 Å². The van der Waals surface area contributed by atoms with Crippen LogP contribution in [0.2, 0.25) is 0 Å². The zero-order chi connectivity index (χ0) is 10.8. The summed E-state index contributed by atoms with van der Waals surface area (Å²) in [7, 11) is 0. The van der Waals surface area contributed by atoms with E-state index in [2.05, 4.69) is 17.2 Å². The first-order valence-corrected chi connectivity index (χ1v) is 5.39. The van der Waals surface area contributed by atoms with Crippen molar-refractivity contribution >= 4 is 29.9 Å². The van der Waals surface area contributed by atoms with Crippen LogP contribution in [-0.2, 0) is 0 Å². The lowest BCUT2D eigenvalue weighted by molar-refractivity contribution is 0.253. The van der Waals surface area contributed by atoms with Gasteiger partial charge in [-0.2, -0.15) is 0 Å². The summed E-state index contributed by atoms with van der Waals surface area (Å²) >= 11 is 0. The Morgan fingerprint density at radius 1 is 1.40 bits per heavy atom. The number of aliphatic hydroxyl groups excluding tert-OH is 1. The number of nitrogens with one attached hydrogen (secondary N) is 1. The van der Waals surface area contributed by atoms with Crippen LogP contribution in [-0.4, -0.2) is 30.8 Å². The molecule has 0 aromatic rings. The molecule has 5 heteroatoms. The summed E-state index contributed by atoms with van der Waals surface area (Å²) < 4.78 is 0. The lowest BCUT2D eigenvalue weighted by atomic mass is 10.0. The molecule has 0 radical (unpaired) electrons. The molecule has 4 nitrogen and oxygen atoms in total. The van der Waals surface area contributed by atoms with E-state index in [0.29, 0.717) is 18.4 Å². The molecule has 92 valence electrons. The Balaban J connectivity index is 0. The fourth-order valence-electron chi connectivity index (χ4n) is 1.38. The van der Waals surface area contributed by atoms with Gasteiger partial charge in [-0.05, 0) is 25.7 Å². The van der Waals surface area contributed by atoms with Crippen LogP contribution in [0.25, 0.3) is 0 Å². The molecule has 0 aliphatic carbocycles. The first kappa shape index (κ1) is 17.4. The van der Waals surface area contributed by atoms with E-state index in [1.165, 1.54) is 0 Å². The van der Waals surface area contributed by atoms with Crippen molar-refractivity contribution in [2.75, 3.05) is 19.7 Å². The van der Waals surface area contributed by atoms with E-state index in [0.717, 1.165) is 25.8 Å². The molecule has 0 rings (SSSR count). The van der Waals surface area contributed by atoms with E-state index in [9.17, 15) is 0 Å². The van der Waals surface area contributed by atoms with E-state index in [1.54, 1.807) is 0 Å². The molecule has 0 aromatic carbocycles. The Hall–Kier alpha value is -0.0400. The topological polar surface area (TPSA) is 70.6 Å². The average molecular weight is 329 g/mol. The average Bonchev–Trinajstić information content (AvgIpc) is 2.15. The Morgan fingerprint density at radius 2 is 2.07 bits per heavy atom. The fourth-order valence-corrected chi connectivity index (χ4v) is 1.38. The third kappa shape index (κ3) is 10.2. The number of hydrogen-bond acceptors (Lipinski definition) is 2. The molecule has 0 spiro atoms. The largest absolute Gasteiger partial charge is 0.396 e. The van der Waals surface area contributed by atoms with Crippen molar-refractivity contribution in [3.63, 3.8) is 0 Å². The quantitative estimate of drug-likeness (QED) is 0.375. The minimum Gasteiger partial charge on any atom is -0.396 e. The summed E-state index contributed by atoms with van der Waals surface area (Å²) in [5.41, 5.74) is 5.60. The summed E-state index contributed by atoms with van der Waals surface area (Å²) in [5, 5.41) is 11.8. The van der Waals surface area contributed by atoms with Crippen LogP contribution < -0.4 is 11.1 Å². The third-order valence-electron chi connectivity index (χ3n) is 2.11. The van der Waals surface area contributed by atoms with Crippen molar-refractivity contribution in [3.05, 3.63) is 0 Å². The summed E-state index contributed by atoms with van der Waals surface area (Å²) in [6.07, 6.45) is 3.04. The Kier molecular flexibility index (Phi) is 13.9. The first-order chi connectivity index (χ1) is 6.74. The zero-order valence-electron chi connectivity index (χ0n) is 9.70. The molecule has 0 heterocycles. The molecule has 0 aromatic heterocycles. The van der Waals surface area contributed by atoms with Gasteiger partial charge in [-0.1, -0.05) is 13.3 Å². The molecular formula is C10H24IN3O. The Labute approximate surface area is 110 Å². The second-order valence-electron chi connectivity index (χ2n) is 3.42. The number of aliphatic imine (C=N–C) groups is 1. The number of rotatable bonds is 7. The molecule has 0 amide bonds. The summed E-state index contributed by atoms with van der Waals surface area (Å²) in [6.45, 7) is 5.88. The van der Waals surface area contributed by atoms with E-state index >= 15 is 0 Å². The maximum absolute atomic E-state index is 8.84. The monoisotopic (exact) mass is 329 g/mol. The molecule has 0 aliphatic heterocycles. The maximum atomic E-state index is 8.84. The molecular weight excluding hydrogens is 305 g/mol. The normalized spacial score (nSPS) is 13.1. The molecule has 1 atom stereocenters. The molecule has 0 saturated heterocycles. The van der Waals surface area contributed by atoms with Gasteiger partial charge in [0.15, 0.2) is 5.96 Å². The molecule has 1 unspecified atom stereocenters. The highest BCUT2D eigenvalue weighted by molar-refractivity contribution is 14.0. The number of nitrogens with two attached hydrogens (primary N) is 1. The zero-order valence-corrected chi connectivity index (χ0v) is 12.0. The fraction of sp³-hybridized carbons (Fsp3) is 0.900. The molecule has 0 saturated carbocycles. The van der Waals surface area contributed by atoms with Crippen LogP contribution in [0.4, 0.5) is 0 Å². The van der Waals surface area contributed by atoms with Gasteiger partial charge in [0.2, 0.25) is 0 Å². The molecule has 4 N–H and O–H groups in total. The van der Waals surface area contributed by atoms with Gasteiger partial charge < -0.3 is 16.2 Å². The summed E-state index contributed by atoms with van der Waals surface area (Å²) in [5.74, 6) is 0.966. The Morgan fingerprint density at radius 3 is 2.53 bits per heavy atom. The van der Waals surface area contributed by atoms with Crippen LogP contribution >= 0.6 is 24.0 Å². The van der Waals surface area contributed by atoms with Crippen molar-refractivity contribution in [2.24, 2.45) is 16.6 Å². The number of guanidine groups is 1. The van der Waals surface area contributed by atoms with Gasteiger partial charge >= 0.3 is 0 Å². The third-order valence-corrected chi connectivity index (χ3v) is 2.11. The van der Waals surface area contributed by atoms with Crippen molar-refractivity contribution in [1.29, 1.82) is 0 Å². The molecule has 0 fully saturated rings. The second kappa shape index (κ2) is 12.0. The number of aliphatic hydroxyl groups is 1. The van der Waals surface area contributed by atoms with Gasteiger partial charge in [-0.15, -0.1) is 24.0 Å². The lowest BCUT2D eigenvalue weighted by Gasteiger charge is -2.12. The van der Waals surface area contributed by atoms with Crippen LogP contribution in [0.3, 0.4) is 0 Å². The number of nitrogens with zero attached hydrogens (tertiary/aromatic N) is 1. The molecule has 0 aliphatic rings. The van der Waals surface area contributed by atoms with Crippen molar-refractivity contribution < 1.29 is 5.11 Å². The van der Waals surface area contributed by atoms with Gasteiger partial charge in [-0.25, -0.2) is 0 Å². The van der Waals surface area contributed by atoms with Crippen LogP contribution in [0, 0.1) is 5.92 Å². The standard InChI is InChI=1S/C10H23N3O.HI/c1-3-5-9(6-7-14)8-13-10(11)12-4-2;/h9,14H,3-8H2,1-2H3,(H3,11,12,13);1H. The SMILES string of the molecule is CCCC(CCO)CN=C(N)NCC.I. The van der Waals surface area contributed by atoms with Crippen LogP contribution in [0.15, 0.2) is 4.99 Å². The van der Waals surface area contributed by atoms with Gasteiger partial charge in [0.1, 0.15) is 0 Å². The van der Waals surface area contributed by atoms with E-state index in [4.69, 9.17) is 10.8 Å². The highest BCUT2D eigenvalue weighted by Crippen LogP contribution is 2.10. The highest BCUT2D eigenvalue weighted by Gasteiger charge is 2.05. The summed E-state index contributed by atoms with van der Waals surface area (Å²) in [6, 6.07) is 0. The first-order valence-electron chi connectivity index (χ1n) is 5.39. The van der Waals surface area contributed by atoms with Crippen molar-refractivity contribution in [1.82, 2.24) is 5.32 Å². The van der Waals surface area contributed by atoms with Crippen LogP contribution in [0.1, 0.15) is 33.1 Å². The Bertz CT molecular complexity index is 159. The second-order valence-corrected chi connectivity index (χ2v) is 3.42. The minimum absolute atomic E-state index is 0. The van der Waals surface area contributed by atoms with E-state index in [-0.39, 0.29) is 30.6 Å². The highest BCUT2D eigenvalue weighted by atomic mass is 127. The van der Waals surface area contributed by atoms with Crippen molar-refractivity contribution in [2.45, 2.75) is 33.1 Å². The lowest BCUT2D eigenvalue weighted by Crippen LogP contribution is -2.32. The maximum Gasteiger partial charge on any atom is 0.188 e. The van der Waals surface area contributed by atoms with Crippen LogP contribution in [0.5, 0.6) is 0 Å². The number of hydrogen-bond donors (Lipinski definition) is 3. The predicted octanol–water partition coefficient (Wildman–Crippen LogP) is 1.33. The molecule has 15 heavy (non-hydrogen) atoms. The minimum atomic E-state index is 0. The van der Waals surface area contributed by atoms with Gasteiger partial charge in [0, 0.05) is 19.7 Å². The van der Waals surface area contributed by atoms with Gasteiger partial charge in [0.25, 0.3) is 0 Å². The van der Waals surface area contributed by atoms with E-state index in [1.807, 2.05) is 6.92 Å². The van der Waals surface area contributed by atoms with Gasteiger partial charge in [0.05, 0.1) is 0 Å². The van der Waals surface area contributed by atoms with Gasteiger partial charge in [-0.3, -0.25) is 4.99 Å². The smallest absolute Gasteiger partial charge is 0.188 e. The predicted molar refractivity (Wildman–Crippen MR) is 75.7 cm³/mol.